The summed E-state index contributed by atoms with van der Waals surface area (Å²) in [6.07, 6.45) is 2.65. The maximum absolute atomic E-state index is 11.7. The fourth-order valence-corrected chi connectivity index (χ4v) is 1.55. The van der Waals surface area contributed by atoms with Crippen molar-refractivity contribution in [2.75, 3.05) is 13.1 Å². The van der Waals surface area contributed by atoms with Gasteiger partial charge in [-0.1, -0.05) is 29.8 Å². The first-order chi connectivity index (χ1) is 7.25. The molecule has 1 fully saturated rings. The van der Waals surface area contributed by atoms with Crippen molar-refractivity contribution in [3.63, 3.8) is 0 Å². The molecular formula is C13H17NO. The molecule has 1 aliphatic carbocycles. The van der Waals surface area contributed by atoms with E-state index < -0.39 is 0 Å². The monoisotopic (exact) mass is 203 g/mol. The van der Waals surface area contributed by atoms with Gasteiger partial charge < -0.3 is 5.32 Å². The van der Waals surface area contributed by atoms with E-state index in [0.717, 1.165) is 18.0 Å². The second-order valence-electron chi connectivity index (χ2n) is 4.36. The molecule has 1 aromatic carbocycles. The molecule has 0 aliphatic heterocycles. The molecule has 0 heterocycles. The van der Waals surface area contributed by atoms with Gasteiger partial charge in [-0.15, -0.1) is 0 Å². The molecule has 1 aromatic rings. The van der Waals surface area contributed by atoms with Crippen molar-refractivity contribution in [3.05, 3.63) is 35.4 Å². The summed E-state index contributed by atoms with van der Waals surface area (Å²) in [6, 6.07) is 7.76. The zero-order valence-corrected chi connectivity index (χ0v) is 9.12. The van der Waals surface area contributed by atoms with E-state index in [1.165, 1.54) is 18.4 Å². The molecule has 80 valence electrons. The lowest BCUT2D eigenvalue weighted by Crippen LogP contribution is -2.24. The van der Waals surface area contributed by atoms with Crippen LogP contribution in [0.15, 0.2) is 24.3 Å². The molecule has 0 spiro atoms. The lowest BCUT2D eigenvalue weighted by molar-refractivity contribution is 0.0991. The van der Waals surface area contributed by atoms with Crippen molar-refractivity contribution in [2.45, 2.75) is 19.8 Å². The first-order valence-corrected chi connectivity index (χ1v) is 5.56. The molecule has 0 amide bonds. The van der Waals surface area contributed by atoms with E-state index in [0.29, 0.717) is 6.54 Å². The first kappa shape index (κ1) is 10.4. The van der Waals surface area contributed by atoms with Crippen LogP contribution in [0.25, 0.3) is 0 Å². The Labute approximate surface area is 90.7 Å². The molecule has 0 radical (unpaired) electrons. The quantitative estimate of drug-likeness (QED) is 0.743. The molecule has 1 aliphatic rings. The minimum atomic E-state index is 0.190. The van der Waals surface area contributed by atoms with E-state index in [1.54, 1.807) is 0 Å². The number of hydrogen-bond acceptors (Lipinski definition) is 2. The summed E-state index contributed by atoms with van der Waals surface area (Å²) in [5.74, 6) is 1.02. The van der Waals surface area contributed by atoms with Crippen LogP contribution in [-0.4, -0.2) is 18.9 Å². The van der Waals surface area contributed by atoms with Gasteiger partial charge >= 0.3 is 0 Å². The summed E-state index contributed by atoms with van der Waals surface area (Å²) in [6.45, 7) is 3.50. The van der Waals surface area contributed by atoms with Crippen LogP contribution in [0.5, 0.6) is 0 Å². The Hall–Kier alpha value is -1.15. The summed E-state index contributed by atoms with van der Waals surface area (Å²) < 4.78 is 0. The Morgan fingerprint density at radius 2 is 2.00 bits per heavy atom. The number of benzene rings is 1. The summed E-state index contributed by atoms with van der Waals surface area (Å²) in [5, 5.41) is 3.21. The van der Waals surface area contributed by atoms with Crippen LogP contribution >= 0.6 is 0 Å². The largest absolute Gasteiger partial charge is 0.309 e. The number of Topliss-reactive ketones (excluding diaryl/α,β-unsaturated/α-hetero) is 1. The number of rotatable bonds is 5. The second kappa shape index (κ2) is 4.58. The van der Waals surface area contributed by atoms with Gasteiger partial charge in [0.2, 0.25) is 0 Å². The van der Waals surface area contributed by atoms with Gasteiger partial charge in [0.25, 0.3) is 0 Å². The molecule has 2 nitrogen and oxygen atoms in total. The zero-order chi connectivity index (χ0) is 10.7. The van der Waals surface area contributed by atoms with Crippen LogP contribution in [0, 0.1) is 12.8 Å². The van der Waals surface area contributed by atoms with E-state index in [-0.39, 0.29) is 5.78 Å². The molecule has 1 N–H and O–H groups in total. The topological polar surface area (TPSA) is 29.1 Å². The Morgan fingerprint density at radius 3 is 2.60 bits per heavy atom. The third-order valence-electron chi connectivity index (χ3n) is 2.79. The van der Waals surface area contributed by atoms with Gasteiger partial charge in [-0.2, -0.15) is 0 Å². The Balaban J connectivity index is 1.81. The molecular weight excluding hydrogens is 186 g/mol. The van der Waals surface area contributed by atoms with E-state index in [1.807, 2.05) is 31.2 Å². The minimum Gasteiger partial charge on any atom is -0.309 e. The van der Waals surface area contributed by atoms with Crippen molar-refractivity contribution in [3.8, 4) is 0 Å². The van der Waals surface area contributed by atoms with E-state index >= 15 is 0 Å². The van der Waals surface area contributed by atoms with Gasteiger partial charge in [-0.05, 0) is 32.2 Å². The number of ketones is 1. The summed E-state index contributed by atoms with van der Waals surface area (Å²) in [7, 11) is 0. The van der Waals surface area contributed by atoms with E-state index in [2.05, 4.69) is 5.32 Å². The second-order valence-corrected chi connectivity index (χ2v) is 4.36. The summed E-state index contributed by atoms with van der Waals surface area (Å²) in [5.41, 5.74) is 2.00. The molecule has 0 unspecified atom stereocenters. The maximum atomic E-state index is 11.7. The molecule has 15 heavy (non-hydrogen) atoms. The van der Waals surface area contributed by atoms with E-state index in [9.17, 15) is 4.79 Å². The highest BCUT2D eigenvalue weighted by Crippen LogP contribution is 2.27. The summed E-state index contributed by atoms with van der Waals surface area (Å²) >= 11 is 0. The van der Waals surface area contributed by atoms with Gasteiger partial charge in [-0.3, -0.25) is 4.79 Å². The highest BCUT2D eigenvalue weighted by molar-refractivity contribution is 5.97. The first-order valence-electron chi connectivity index (χ1n) is 5.56. The van der Waals surface area contributed by atoms with Gasteiger partial charge in [0.15, 0.2) is 5.78 Å². The fraction of sp³-hybridized carbons (Fsp3) is 0.462. The number of carbonyl (C=O) groups is 1. The van der Waals surface area contributed by atoms with Gasteiger partial charge in [0, 0.05) is 5.56 Å². The molecule has 0 bridgehead atoms. The average Bonchev–Trinajstić information content (AvgIpc) is 3.02. The molecule has 2 rings (SSSR count). The number of nitrogens with one attached hydrogen (secondary N) is 1. The van der Waals surface area contributed by atoms with Crippen molar-refractivity contribution >= 4 is 5.78 Å². The van der Waals surface area contributed by atoms with E-state index in [4.69, 9.17) is 0 Å². The van der Waals surface area contributed by atoms with Crippen LogP contribution in [0.3, 0.4) is 0 Å². The molecule has 0 saturated heterocycles. The van der Waals surface area contributed by atoms with Crippen LogP contribution in [-0.2, 0) is 0 Å². The van der Waals surface area contributed by atoms with Crippen LogP contribution < -0.4 is 5.32 Å². The molecule has 1 saturated carbocycles. The number of carbonyl (C=O) groups excluding carboxylic acids is 1. The predicted octanol–water partition coefficient (Wildman–Crippen LogP) is 2.18. The minimum absolute atomic E-state index is 0.190. The lowest BCUT2D eigenvalue weighted by atomic mass is 10.1. The Kier molecular flexibility index (Phi) is 3.17. The van der Waals surface area contributed by atoms with Crippen molar-refractivity contribution in [1.82, 2.24) is 5.32 Å². The van der Waals surface area contributed by atoms with Gasteiger partial charge in [0.05, 0.1) is 6.54 Å². The highest BCUT2D eigenvalue weighted by Gasteiger charge is 2.20. The number of aryl methyl sites for hydroxylation is 1. The van der Waals surface area contributed by atoms with Crippen molar-refractivity contribution in [1.29, 1.82) is 0 Å². The average molecular weight is 203 g/mol. The predicted molar refractivity (Wildman–Crippen MR) is 61.1 cm³/mol. The van der Waals surface area contributed by atoms with Gasteiger partial charge in [-0.25, -0.2) is 0 Å². The van der Waals surface area contributed by atoms with Gasteiger partial charge in [0.1, 0.15) is 0 Å². The van der Waals surface area contributed by atoms with Crippen molar-refractivity contribution in [2.24, 2.45) is 5.92 Å². The Morgan fingerprint density at radius 1 is 1.33 bits per heavy atom. The van der Waals surface area contributed by atoms with Crippen LogP contribution in [0.1, 0.15) is 28.8 Å². The molecule has 0 atom stereocenters. The molecule has 2 heteroatoms. The fourth-order valence-electron chi connectivity index (χ4n) is 1.55. The van der Waals surface area contributed by atoms with Crippen LogP contribution in [0.4, 0.5) is 0 Å². The third-order valence-corrected chi connectivity index (χ3v) is 2.79. The lowest BCUT2D eigenvalue weighted by Gasteiger charge is -2.03. The normalized spacial score (nSPS) is 15.3. The number of hydrogen-bond donors (Lipinski definition) is 1. The van der Waals surface area contributed by atoms with Crippen LogP contribution in [0.2, 0.25) is 0 Å². The molecule has 0 aromatic heterocycles. The van der Waals surface area contributed by atoms with Crippen molar-refractivity contribution < 1.29 is 4.79 Å². The summed E-state index contributed by atoms with van der Waals surface area (Å²) in [4.78, 5) is 11.7. The zero-order valence-electron chi connectivity index (χ0n) is 9.12. The highest BCUT2D eigenvalue weighted by atomic mass is 16.1. The Bertz CT molecular complexity index is 338. The smallest absolute Gasteiger partial charge is 0.176 e. The maximum Gasteiger partial charge on any atom is 0.176 e. The standard InChI is InChI=1S/C13H17NO/c1-10-2-6-12(7-3-10)13(15)9-14-8-11-4-5-11/h2-3,6-7,11,14H,4-5,8-9H2,1H3. The SMILES string of the molecule is Cc1ccc(C(=O)CNCC2CC2)cc1. The third kappa shape index (κ3) is 3.17.